The van der Waals surface area contributed by atoms with Crippen LogP contribution in [0.3, 0.4) is 0 Å². The summed E-state index contributed by atoms with van der Waals surface area (Å²) in [5.74, 6) is 1.75. The fourth-order valence-electron chi connectivity index (χ4n) is 2.76. The van der Waals surface area contributed by atoms with Gasteiger partial charge in [0, 0.05) is 49.9 Å². The number of piperazine rings is 1. The maximum Gasteiger partial charge on any atom is 0.0542 e. The SMILES string of the molecule is O=[S@](CCN1CCN(CC2CC2)CC1)c1ccccc1. The van der Waals surface area contributed by atoms with Crippen molar-refractivity contribution in [3.05, 3.63) is 30.3 Å². The van der Waals surface area contributed by atoms with Crippen LogP contribution in [0, 0.1) is 5.92 Å². The maximum atomic E-state index is 12.2. The van der Waals surface area contributed by atoms with Gasteiger partial charge in [-0.3, -0.25) is 9.11 Å². The van der Waals surface area contributed by atoms with E-state index < -0.39 is 10.8 Å². The lowest BCUT2D eigenvalue weighted by Gasteiger charge is -2.34. The topological polar surface area (TPSA) is 23.6 Å². The summed E-state index contributed by atoms with van der Waals surface area (Å²) in [5, 5.41) is 0. The summed E-state index contributed by atoms with van der Waals surface area (Å²) in [6.07, 6.45) is 2.88. The van der Waals surface area contributed by atoms with Gasteiger partial charge in [0.25, 0.3) is 0 Å². The van der Waals surface area contributed by atoms with Gasteiger partial charge < -0.3 is 4.90 Å². The molecular formula is C16H24N2OS. The van der Waals surface area contributed by atoms with Gasteiger partial charge in [0.15, 0.2) is 0 Å². The number of rotatable bonds is 6. The number of benzene rings is 1. The lowest BCUT2D eigenvalue weighted by molar-refractivity contribution is 0.134. The molecule has 1 aliphatic carbocycles. The molecule has 20 heavy (non-hydrogen) atoms. The third kappa shape index (κ3) is 4.14. The van der Waals surface area contributed by atoms with E-state index in [0.717, 1.165) is 36.2 Å². The van der Waals surface area contributed by atoms with Crippen LogP contribution in [0.4, 0.5) is 0 Å². The highest BCUT2D eigenvalue weighted by molar-refractivity contribution is 7.85. The molecule has 1 heterocycles. The van der Waals surface area contributed by atoms with E-state index in [9.17, 15) is 4.21 Å². The summed E-state index contributed by atoms with van der Waals surface area (Å²) in [5.41, 5.74) is 0. The third-order valence-corrected chi connectivity index (χ3v) is 5.63. The molecule has 1 aromatic carbocycles. The van der Waals surface area contributed by atoms with Crippen molar-refractivity contribution in [1.29, 1.82) is 0 Å². The molecule has 0 N–H and O–H groups in total. The van der Waals surface area contributed by atoms with Crippen molar-refractivity contribution in [3.63, 3.8) is 0 Å². The first-order chi connectivity index (χ1) is 9.81. The second-order valence-electron chi connectivity index (χ2n) is 5.95. The van der Waals surface area contributed by atoms with E-state index in [1.807, 2.05) is 30.3 Å². The van der Waals surface area contributed by atoms with E-state index in [1.165, 1.54) is 32.5 Å². The number of hydrogen-bond acceptors (Lipinski definition) is 3. The second kappa shape index (κ2) is 6.83. The van der Waals surface area contributed by atoms with Crippen LogP contribution >= 0.6 is 0 Å². The minimum Gasteiger partial charge on any atom is -0.301 e. The monoisotopic (exact) mass is 292 g/mol. The molecule has 1 atom stereocenters. The quantitative estimate of drug-likeness (QED) is 0.799. The van der Waals surface area contributed by atoms with Crippen LogP contribution in [-0.2, 0) is 10.8 Å². The van der Waals surface area contributed by atoms with Crippen molar-refractivity contribution in [2.24, 2.45) is 5.92 Å². The lowest BCUT2D eigenvalue weighted by Crippen LogP contribution is -2.47. The Hall–Kier alpha value is -0.710. The van der Waals surface area contributed by atoms with E-state index in [4.69, 9.17) is 0 Å². The van der Waals surface area contributed by atoms with E-state index in [0.29, 0.717) is 0 Å². The first-order valence-corrected chi connectivity index (χ1v) is 9.01. The van der Waals surface area contributed by atoms with Gasteiger partial charge in [-0.2, -0.15) is 0 Å². The highest BCUT2D eigenvalue weighted by atomic mass is 32.2. The summed E-state index contributed by atoms with van der Waals surface area (Å²) in [6.45, 7) is 6.92. The molecule has 0 spiro atoms. The van der Waals surface area contributed by atoms with Gasteiger partial charge in [-0.1, -0.05) is 18.2 Å². The van der Waals surface area contributed by atoms with Gasteiger partial charge in [0.05, 0.1) is 10.8 Å². The first-order valence-electron chi connectivity index (χ1n) is 7.69. The molecule has 4 heteroatoms. The third-order valence-electron chi connectivity index (χ3n) is 4.28. The fraction of sp³-hybridized carbons (Fsp3) is 0.625. The zero-order valence-electron chi connectivity index (χ0n) is 12.0. The van der Waals surface area contributed by atoms with Gasteiger partial charge in [0.2, 0.25) is 0 Å². The van der Waals surface area contributed by atoms with Crippen molar-refractivity contribution in [2.75, 3.05) is 45.0 Å². The molecule has 110 valence electrons. The van der Waals surface area contributed by atoms with Gasteiger partial charge in [-0.05, 0) is 30.9 Å². The van der Waals surface area contributed by atoms with Crippen molar-refractivity contribution >= 4 is 10.8 Å². The molecule has 2 fully saturated rings. The number of nitrogens with zero attached hydrogens (tertiary/aromatic N) is 2. The van der Waals surface area contributed by atoms with Crippen molar-refractivity contribution in [2.45, 2.75) is 17.7 Å². The highest BCUT2D eigenvalue weighted by Gasteiger charge is 2.26. The van der Waals surface area contributed by atoms with Crippen molar-refractivity contribution in [1.82, 2.24) is 9.80 Å². The molecule has 0 amide bonds. The Morgan fingerprint density at radius 3 is 2.30 bits per heavy atom. The molecule has 1 saturated carbocycles. The molecule has 0 unspecified atom stereocenters. The summed E-state index contributed by atoms with van der Waals surface area (Å²) in [7, 11) is -0.848. The zero-order chi connectivity index (χ0) is 13.8. The second-order valence-corrected chi connectivity index (χ2v) is 7.52. The minimum absolute atomic E-state index is 0.757. The zero-order valence-corrected chi connectivity index (χ0v) is 12.9. The Morgan fingerprint density at radius 1 is 1.00 bits per heavy atom. The van der Waals surface area contributed by atoms with Crippen LogP contribution < -0.4 is 0 Å². The molecule has 2 aliphatic rings. The summed E-state index contributed by atoms with van der Waals surface area (Å²) >= 11 is 0. The fourth-order valence-corrected chi connectivity index (χ4v) is 3.88. The molecule has 1 aromatic rings. The van der Waals surface area contributed by atoms with Crippen LogP contribution in [0.2, 0.25) is 0 Å². The molecule has 0 aromatic heterocycles. The predicted molar refractivity (Wildman–Crippen MR) is 83.3 cm³/mol. The molecule has 1 saturated heterocycles. The molecule has 0 bridgehead atoms. The van der Waals surface area contributed by atoms with Crippen molar-refractivity contribution < 1.29 is 4.21 Å². The Bertz CT molecular complexity index is 439. The van der Waals surface area contributed by atoms with Crippen LogP contribution in [-0.4, -0.2) is 59.0 Å². The largest absolute Gasteiger partial charge is 0.301 e. The summed E-state index contributed by atoms with van der Waals surface area (Å²) in [6, 6.07) is 9.82. The maximum absolute atomic E-state index is 12.2. The average molecular weight is 292 g/mol. The Labute approximate surface area is 124 Å². The smallest absolute Gasteiger partial charge is 0.0542 e. The Kier molecular flexibility index (Phi) is 4.86. The Balaban J connectivity index is 1.38. The molecule has 0 radical (unpaired) electrons. The van der Waals surface area contributed by atoms with Gasteiger partial charge in [0.1, 0.15) is 0 Å². The molecule has 1 aliphatic heterocycles. The summed E-state index contributed by atoms with van der Waals surface area (Å²) < 4.78 is 12.2. The van der Waals surface area contributed by atoms with E-state index in [2.05, 4.69) is 9.80 Å². The Morgan fingerprint density at radius 2 is 1.65 bits per heavy atom. The van der Waals surface area contributed by atoms with Crippen LogP contribution in [0.5, 0.6) is 0 Å². The van der Waals surface area contributed by atoms with E-state index in [1.54, 1.807) is 0 Å². The average Bonchev–Trinajstić information content (AvgIpc) is 3.31. The number of hydrogen-bond donors (Lipinski definition) is 0. The van der Waals surface area contributed by atoms with Crippen LogP contribution in [0.15, 0.2) is 35.2 Å². The first kappa shape index (κ1) is 14.2. The molecular weight excluding hydrogens is 268 g/mol. The van der Waals surface area contributed by atoms with Crippen molar-refractivity contribution in [3.8, 4) is 0 Å². The van der Waals surface area contributed by atoms with Crippen LogP contribution in [0.1, 0.15) is 12.8 Å². The molecule has 3 rings (SSSR count). The lowest BCUT2D eigenvalue weighted by atomic mass is 10.3. The summed E-state index contributed by atoms with van der Waals surface area (Å²) in [4.78, 5) is 6.02. The van der Waals surface area contributed by atoms with E-state index in [-0.39, 0.29) is 0 Å². The van der Waals surface area contributed by atoms with E-state index >= 15 is 0 Å². The highest BCUT2D eigenvalue weighted by Crippen LogP contribution is 2.29. The molecule has 3 nitrogen and oxygen atoms in total. The van der Waals surface area contributed by atoms with Gasteiger partial charge in [-0.25, -0.2) is 0 Å². The van der Waals surface area contributed by atoms with Gasteiger partial charge in [-0.15, -0.1) is 0 Å². The predicted octanol–water partition coefficient (Wildman–Crippen LogP) is 1.82. The normalized spacial score (nSPS) is 22.8. The van der Waals surface area contributed by atoms with Gasteiger partial charge >= 0.3 is 0 Å². The van der Waals surface area contributed by atoms with Crippen LogP contribution in [0.25, 0.3) is 0 Å². The minimum atomic E-state index is -0.848. The standard InChI is InChI=1S/C16H24N2OS/c19-20(16-4-2-1-3-5-16)13-12-17-8-10-18(11-9-17)14-15-6-7-15/h1-5,15H,6-14H2/t20-/m1/s1.